The summed E-state index contributed by atoms with van der Waals surface area (Å²) in [4.78, 5) is 18.0. The van der Waals surface area contributed by atoms with E-state index in [0.29, 0.717) is 11.0 Å². The zero-order valence-corrected chi connectivity index (χ0v) is 11.3. The quantitative estimate of drug-likeness (QED) is 0.617. The van der Waals surface area contributed by atoms with Crippen molar-refractivity contribution >= 4 is 27.4 Å². The number of ketones is 1. The Morgan fingerprint density at radius 2 is 2.31 bits per heavy atom. The summed E-state index contributed by atoms with van der Waals surface area (Å²) in [5.41, 5.74) is 3.02. The number of nitrogens with zero attached hydrogens (tertiary/aromatic N) is 2. The zero-order valence-electron chi connectivity index (χ0n) is 9.75. The van der Waals surface area contributed by atoms with Crippen LogP contribution in [0.1, 0.15) is 29.9 Å². The average molecular weight is 283 g/mol. The molecule has 4 heteroatoms. The van der Waals surface area contributed by atoms with Crippen molar-refractivity contribution in [1.29, 1.82) is 0 Å². The molecule has 0 atom stereocenters. The summed E-state index contributed by atoms with van der Waals surface area (Å²) in [6.07, 6.45) is 2.77. The summed E-state index contributed by atoms with van der Waals surface area (Å²) in [5, 5.41) is 0.331. The Morgan fingerprint density at radius 1 is 1.62 bits per heavy atom. The molecule has 0 unspecified atom stereocenters. The Balaban J connectivity index is 2.41. The van der Waals surface area contributed by atoms with Gasteiger partial charge in [-0.1, -0.05) is 15.9 Å². The van der Waals surface area contributed by atoms with Gasteiger partial charge < -0.3 is 4.90 Å². The van der Waals surface area contributed by atoms with Gasteiger partial charge in [0.25, 0.3) is 0 Å². The smallest absolute Gasteiger partial charge is 0.191 e. The summed E-state index contributed by atoms with van der Waals surface area (Å²) in [6.45, 7) is 4.39. The van der Waals surface area contributed by atoms with Crippen molar-refractivity contribution in [2.45, 2.75) is 25.8 Å². The number of likely N-dealkylation sites (N-methyl/N-ethyl adjacent to an activating group) is 1. The predicted octanol–water partition coefficient (Wildman–Crippen LogP) is 2.43. The van der Waals surface area contributed by atoms with E-state index >= 15 is 0 Å². The fourth-order valence-corrected chi connectivity index (χ4v) is 2.35. The second-order valence-corrected chi connectivity index (χ2v) is 5.36. The molecule has 86 valence electrons. The number of carbonyl (C=O) groups excluding carboxylic acids is 1. The first-order valence-electron chi connectivity index (χ1n) is 5.27. The molecular formula is C12H15BrN2O. The number of aromatic nitrogens is 1. The molecule has 1 aliphatic rings. The Morgan fingerprint density at radius 3 is 2.94 bits per heavy atom. The van der Waals surface area contributed by atoms with Crippen molar-refractivity contribution in [2.24, 2.45) is 0 Å². The highest BCUT2D eigenvalue weighted by Crippen LogP contribution is 2.36. The minimum absolute atomic E-state index is 0.0372. The van der Waals surface area contributed by atoms with Crippen molar-refractivity contribution in [3.05, 3.63) is 23.5 Å². The number of hydrogen-bond acceptors (Lipinski definition) is 3. The molecule has 0 saturated carbocycles. The summed E-state index contributed by atoms with van der Waals surface area (Å²) >= 11 is 3.17. The first-order chi connectivity index (χ1) is 7.45. The summed E-state index contributed by atoms with van der Waals surface area (Å²) in [5.74, 6) is 0.0372. The number of pyridine rings is 1. The molecule has 0 spiro atoms. The van der Waals surface area contributed by atoms with E-state index < -0.39 is 0 Å². The maximum absolute atomic E-state index is 11.5. The number of hydrogen-bond donors (Lipinski definition) is 0. The van der Waals surface area contributed by atoms with Crippen molar-refractivity contribution < 1.29 is 4.79 Å². The van der Waals surface area contributed by atoms with Gasteiger partial charge in [0, 0.05) is 12.6 Å². The van der Waals surface area contributed by atoms with Crippen LogP contribution in [0.2, 0.25) is 0 Å². The highest BCUT2D eigenvalue weighted by atomic mass is 79.9. The third kappa shape index (κ3) is 1.75. The van der Waals surface area contributed by atoms with Crippen LogP contribution in [0, 0.1) is 0 Å². The standard InChI is InChI=1S/C12H15BrN2O/c1-12(2)5-8-4-9(11(16)6-13)14-7-10(8)15(12)3/h4,7H,5-6H2,1-3H3. The van der Waals surface area contributed by atoms with Crippen LogP contribution in [0.4, 0.5) is 5.69 Å². The first-order valence-corrected chi connectivity index (χ1v) is 6.40. The molecule has 0 aliphatic carbocycles. The molecule has 3 nitrogen and oxygen atoms in total. The van der Waals surface area contributed by atoms with E-state index in [2.05, 4.69) is 46.7 Å². The maximum atomic E-state index is 11.5. The lowest BCUT2D eigenvalue weighted by Gasteiger charge is -2.29. The predicted molar refractivity (Wildman–Crippen MR) is 68.5 cm³/mol. The van der Waals surface area contributed by atoms with E-state index in [1.807, 2.05) is 6.07 Å². The van der Waals surface area contributed by atoms with E-state index in [4.69, 9.17) is 0 Å². The van der Waals surface area contributed by atoms with Crippen LogP contribution in [0.5, 0.6) is 0 Å². The lowest BCUT2D eigenvalue weighted by molar-refractivity contribution is 0.101. The largest absolute Gasteiger partial charge is 0.368 e. The summed E-state index contributed by atoms with van der Waals surface area (Å²) < 4.78 is 0. The average Bonchev–Trinajstić information content (AvgIpc) is 2.48. The Hall–Kier alpha value is -0.900. The molecule has 16 heavy (non-hydrogen) atoms. The van der Waals surface area contributed by atoms with Gasteiger partial charge in [-0.25, -0.2) is 0 Å². The molecule has 2 heterocycles. The fourth-order valence-electron chi connectivity index (χ4n) is 2.07. The SMILES string of the molecule is CN1c2cnc(C(=O)CBr)cc2CC1(C)C. The van der Waals surface area contributed by atoms with Gasteiger partial charge in [-0.05, 0) is 31.9 Å². The van der Waals surface area contributed by atoms with E-state index in [-0.39, 0.29) is 11.3 Å². The van der Waals surface area contributed by atoms with Crippen molar-refractivity contribution in [3.63, 3.8) is 0 Å². The van der Waals surface area contributed by atoms with Crippen molar-refractivity contribution in [1.82, 2.24) is 4.98 Å². The van der Waals surface area contributed by atoms with E-state index in [1.165, 1.54) is 5.56 Å². The molecular weight excluding hydrogens is 268 g/mol. The highest BCUT2D eigenvalue weighted by Gasteiger charge is 2.33. The number of anilines is 1. The molecule has 0 bridgehead atoms. The van der Waals surface area contributed by atoms with E-state index in [0.717, 1.165) is 12.1 Å². The topological polar surface area (TPSA) is 33.2 Å². The Bertz CT molecular complexity index is 443. The second-order valence-electron chi connectivity index (χ2n) is 4.80. The third-order valence-corrected chi connectivity index (χ3v) is 3.77. The van der Waals surface area contributed by atoms with Crippen LogP contribution < -0.4 is 4.90 Å². The second kappa shape index (κ2) is 3.84. The number of alkyl halides is 1. The molecule has 1 aromatic heterocycles. The first kappa shape index (κ1) is 11.6. The number of carbonyl (C=O) groups is 1. The van der Waals surface area contributed by atoms with Crippen LogP contribution in [-0.2, 0) is 6.42 Å². The van der Waals surface area contributed by atoms with Gasteiger partial charge in [-0.2, -0.15) is 0 Å². The van der Waals surface area contributed by atoms with Gasteiger partial charge in [0.05, 0.1) is 17.2 Å². The minimum Gasteiger partial charge on any atom is -0.368 e. The van der Waals surface area contributed by atoms with Gasteiger partial charge in [0.2, 0.25) is 0 Å². The van der Waals surface area contributed by atoms with Crippen molar-refractivity contribution in [3.8, 4) is 0 Å². The van der Waals surface area contributed by atoms with Gasteiger partial charge in [0.1, 0.15) is 5.69 Å². The van der Waals surface area contributed by atoms with Gasteiger partial charge >= 0.3 is 0 Å². The molecule has 0 radical (unpaired) electrons. The molecule has 0 aromatic carbocycles. The van der Waals surface area contributed by atoms with Gasteiger partial charge in [-0.3, -0.25) is 9.78 Å². The minimum atomic E-state index is 0.0372. The molecule has 0 saturated heterocycles. The maximum Gasteiger partial charge on any atom is 0.191 e. The lowest BCUT2D eigenvalue weighted by Crippen LogP contribution is -2.37. The Labute approximate surface area is 104 Å². The van der Waals surface area contributed by atoms with Crippen LogP contribution in [0.25, 0.3) is 0 Å². The number of fused-ring (bicyclic) bond motifs is 1. The van der Waals surface area contributed by atoms with Crippen LogP contribution in [-0.4, -0.2) is 28.7 Å². The van der Waals surface area contributed by atoms with Crippen LogP contribution in [0.15, 0.2) is 12.3 Å². The summed E-state index contributed by atoms with van der Waals surface area (Å²) in [7, 11) is 2.07. The number of rotatable bonds is 2. The van der Waals surface area contributed by atoms with Gasteiger partial charge in [0.15, 0.2) is 5.78 Å². The fraction of sp³-hybridized carbons (Fsp3) is 0.500. The molecule has 2 rings (SSSR count). The molecule has 0 fully saturated rings. The van der Waals surface area contributed by atoms with Crippen LogP contribution >= 0.6 is 15.9 Å². The van der Waals surface area contributed by atoms with E-state index in [9.17, 15) is 4.79 Å². The monoisotopic (exact) mass is 282 g/mol. The molecule has 0 N–H and O–H groups in total. The Kier molecular flexibility index (Phi) is 2.78. The molecule has 1 aromatic rings. The van der Waals surface area contributed by atoms with Gasteiger partial charge in [-0.15, -0.1) is 0 Å². The number of Topliss-reactive ketones (excluding diaryl/α,β-unsaturated/α-hetero) is 1. The van der Waals surface area contributed by atoms with Crippen LogP contribution in [0.3, 0.4) is 0 Å². The highest BCUT2D eigenvalue weighted by molar-refractivity contribution is 9.09. The summed E-state index contributed by atoms with van der Waals surface area (Å²) in [6, 6.07) is 1.92. The molecule has 1 aliphatic heterocycles. The normalized spacial score (nSPS) is 17.4. The number of halogens is 1. The zero-order chi connectivity index (χ0) is 11.9. The van der Waals surface area contributed by atoms with Crippen molar-refractivity contribution in [2.75, 3.05) is 17.3 Å². The molecule has 0 amide bonds. The van der Waals surface area contributed by atoms with E-state index in [1.54, 1.807) is 6.20 Å². The third-order valence-electron chi connectivity index (χ3n) is 3.27. The lowest BCUT2D eigenvalue weighted by atomic mass is 9.99.